The molecule has 2 heterocycles. The summed E-state index contributed by atoms with van der Waals surface area (Å²) in [6, 6.07) is 20.9. The number of amides is 1. The van der Waals surface area contributed by atoms with E-state index >= 15 is 0 Å². The van der Waals surface area contributed by atoms with Crippen molar-refractivity contribution in [2.24, 2.45) is 0 Å². The lowest BCUT2D eigenvalue weighted by molar-refractivity contribution is 0.0949. The predicted molar refractivity (Wildman–Crippen MR) is 168 cm³/mol. The quantitative estimate of drug-likeness (QED) is 0.361. The van der Waals surface area contributed by atoms with Gasteiger partial charge in [-0.15, -0.1) is 24.8 Å². The Kier molecular flexibility index (Phi) is 12.8. The van der Waals surface area contributed by atoms with Crippen molar-refractivity contribution in [1.82, 2.24) is 10.2 Å². The van der Waals surface area contributed by atoms with Crippen molar-refractivity contribution >= 4 is 42.2 Å². The highest BCUT2D eigenvalue weighted by atomic mass is 35.5. The summed E-state index contributed by atoms with van der Waals surface area (Å²) in [6.07, 6.45) is 1.60. The van der Waals surface area contributed by atoms with E-state index in [1.165, 1.54) is 0 Å². The number of methoxy groups -OCH3 is 1. The fourth-order valence-electron chi connectivity index (χ4n) is 5.20. The van der Waals surface area contributed by atoms with E-state index in [2.05, 4.69) is 21.2 Å². The molecule has 41 heavy (non-hydrogen) atoms. The van der Waals surface area contributed by atoms with E-state index in [1.54, 1.807) is 19.2 Å². The second-order valence-electron chi connectivity index (χ2n) is 9.84. The number of anilines is 1. The molecule has 1 fully saturated rings. The number of allylic oxidation sites excluding steroid dienone is 1. The van der Waals surface area contributed by atoms with Crippen LogP contribution in [0.15, 0.2) is 72.3 Å². The molecule has 0 unspecified atom stereocenters. The number of nitrogens with one attached hydrogen (secondary N) is 1. The first-order valence-corrected chi connectivity index (χ1v) is 13.2. The Hall–Kier alpha value is -3.43. The summed E-state index contributed by atoms with van der Waals surface area (Å²) in [5.74, 6) is 2.36. The van der Waals surface area contributed by atoms with Gasteiger partial charge in [0.25, 0.3) is 5.91 Å². The van der Waals surface area contributed by atoms with Crippen molar-refractivity contribution in [3.8, 4) is 17.2 Å². The number of halogens is 2. The average Bonchev–Trinajstić information content (AvgIpc) is 2.95. The molecule has 222 valence electrons. The Morgan fingerprint density at radius 3 is 2.39 bits per heavy atom. The largest absolute Gasteiger partial charge is 0.508 e. The van der Waals surface area contributed by atoms with E-state index in [-0.39, 0.29) is 41.9 Å². The second-order valence-corrected chi connectivity index (χ2v) is 9.84. The second kappa shape index (κ2) is 15.5. The van der Waals surface area contributed by atoms with Crippen molar-refractivity contribution in [2.45, 2.75) is 19.8 Å². The fourth-order valence-corrected chi connectivity index (χ4v) is 5.20. The monoisotopic (exact) mass is 603 g/mol. The van der Waals surface area contributed by atoms with Crippen molar-refractivity contribution in [1.29, 1.82) is 0 Å². The lowest BCUT2D eigenvalue weighted by atomic mass is 9.96. The van der Waals surface area contributed by atoms with E-state index in [1.807, 2.05) is 55.5 Å². The molecule has 0 aromatic heterocycles. The SMILES string of the molecule is COc1ccccc1N1CCN(CCCNC(=O)c2cccc3c2OC(c2ccc(O)cc2)=C(C)C3)CC1.Cl.Cl.O. The Labute approximate surface area is 254 Å². The van der Waals surface area contributed by atoms with Gasteiger partial charge in [-0.3, -0.25) is 9.69 Å². The molecule has 5 rings (SSSR count). The topological polar surface area (TPSA) is 106 Å². The fraction of sp³-hybridized carbons (Fsp3) is 0.323. The maximum atomic E-state index is 13.1. The third kappa shape index (κ3) is 7.86. The molecule has 8 nitrogen and oxygen atoms in total. The zero-order valence-corrected chi connectivity index (χ0v) is 25.0. The molecular weight excluding hydrogens is 565 g/mol. The summed E-state index contributed by atoms with van der Waals surface area (Å²) < 4.78 is 11.8. The summed E-state index contributed by atoms with van der Waals surface area (Å²) in [5, 5.41) is 12.7. The highest BCUT2D eigenvalue weighted by Gasteiger charge is 2.24. The van der Waals surface area contributed by atoms with E-state index in [0.29, 0.717) is 24.3 Å². The average molecular weight is 605 g/mol. The molecule has 0 atom stereocenters. The van der Waals surface area contributed by atoms with Gasteiger partial charge in [0, 0.05) is 44.7 Å². The smallest absolute Gasteiger partial charge is 0.255 e. The molecule has 3 aromatic carbocycles. The highest BCUT2D eigenvalue weighted by molar-refractivity contribution is 5.98. The van der Waals surface area contributed by atoms with Crippen LogP contribution in [0.2, 0.25) is 0 Å². The number of carbonyl (C=O) groups is 1. The summed E-state index contributed by atoms with van der Waals surface area (Å²) in [7, 11) is 1.72. The molecule has 10 heteroatoms. The van der Waals surface area contributed by atoms with Crippen LogP contribution >= 0.6 is 24.8 Å². The van der Waals surface area contributed by atoms with Crippen molar-refractivity contribution in [3.63, 3.8) is 0 Å². The van der Waals surface area contributed by atoms with Gasteiger partial charge < -0.3 is 30.3 Å². The summed E-state index contributed by atoms with van der Waals surface area (Å²) in [5.41, 5.74) is 4.68. The molecule has 0 spiro atoms. The third-order valence-electron chi connectivity index (χ3n) is 7.25. The van der Waals surface area contributed by atoms with Crippen LogP contribution in [-0.4, -0.2) is 67.8 Å². The zero-order chi connectivity index (χ0) is 26.5. The van der Waals surface area contributed by atoms with Crippen LogP contribution in [0.3, 0.4) is 0 Å². The van der Waals surface area contributed by atoms with Gasteiger partial charge in [-0.2, -0.15) is 0 Å². The number of nitrogens with zero attached hydrogens (tertiary/aromatic N) is 2. The number of rotatable bonds is 8. The number of ether oxygens (including phenoxy) is 2. The molecule has 4 N–H and O–H groups in total. The van der Waals surface area contributed by atoms with E-state index < -0.39 is 0 Å². The maximum absolute atomic E-state index is 13.1. The Balaban J connectivity index is 0.00000196. The molecule has 2 aliphatic heterocycles. The van der Waals surface area contributed by atoms with Gasteiger partial charge in [-0.1, -0.05) is 24.3 Å². The van der Waals surface area contributed by atoms with Crippen LogP contribution in [0.4, 0.5) is 5.69 Å². The van der Waals surface area contributed by atoms with Crippen LogP contribution in [0, 0.1) is 0 Å². The lowest BCUT2D eigenvalue weighted by Crippen LogP contribution is -2.47. The number of piperazine rings is 1. The van der Waals surface area contributed by atoms with Gasteiger partial charge >= 0.3 is 0 Å². The Bertz CT molecular complexity index is 1330. The standard InChI is InChI=1S/C31H35N3O4.2ClH.H2O/c1-22-21-24-7-5-8-26(30(24)38-29(22)23-11-13-25(35)14-12-23)31(36)32-15-6-16-33-17-19-34(20-18-33)27-9-3-4-10-28(27)37-2;;;/h3-5,7-14,35H,6,15-21H2,1-2H3,(H,32,36);2*1H;1H2. The first kappa shape index (κ1) is 33.8. The zero-order valence-electron chi connectivity index (χ0n) is 23.4. The number of phenols is 1. The van der Waals surface area contributed by atoms with Gasteiger partial charge in [0.15, 0.2) is 0 Å². The van der Waals surface area contributed by atoms with Crippen LogP contribution in [-0.2, 0) is 6.42 Å². The van der Waals surface area contributed by atoms with Crippen LogP contribution in [0.1, 0.15) is 34.8 Å². The molecule has 3 aromatic rings. The van der Waals surface area contributed by atoms with E-state index in [9.17, 15) is 9.90 Å². The number of aromatic hydroxyl groups is 1. The van der Waals surface area contributed by atoms with Gasteiger partial charge in [-0.05, 0) is 73.5 Å². The number of hydrogen-bond acceptors (Lipinski definition) is 6. The lowest BCUT2D eigenvalue weighted by Gasteiger charge is -2.36. The van der Waals surface area contributed by atoms with Crippen LogP contribution in [0.5, 0.6) is 17.2 Å². The third-order valence-corrected chi connectivity index (χ3v) is 7.25. The Morgan fingerprint density at radius 2 is 1.68 bits per heavy atom. The highest BCUT2D eigenvalue weighted by Crippen LogP contribution is 2.37. The van der Waals surface area contributed by atoms with Crippen molar-refractivity contribution in [3.05, 3.63) is 89.0 Å². The maximum Gasteiger partial charge on any atom is 0.255 e. The number of carbonyl (C=O) groups excluding carboxylic acids is 1. The summed E-state index contributed by atoms with van der Waals surface area (Å²) in [6.45, 7) is 7.46. The van der Waals surface area contributed by atoms with Gasteiger partial charge in [0.2, 0.25) is 0 Å². The van der Waals surface area contributed by atoms with Gasteiger partial charge in [0.05, 0.1) is 18.4 Å². The molecule has 0 aliphatic carbocycles. The van der Waals surface area contributed by atoms with Gasteiger partial charge in [-0.25, -0.2) is 0 Å². The first-order chi connectivity index (χ1) is 18.5. The molecule has 0 radical (unpaired) electrons. The summed E-state index contributed by atoms with van der Waals surface area (Å²) >= 11 is 0. The molecule has 0 saturated carbocycles. The minimum Gasteiger partial charge on any atom is -0.508 e. The Morgan fingerprint density at radius 1 is 0.976 bits per heavy atom. The number of phenolic OH excluding ortho intramolecular Hbond substituents is 1. The number of hydrogen-bond donors (Lipinski definition) is 2. The number of para-hydroxylation sites is 3. The van der Waals surface area contributed by atoms with Crippen molar-refractivity contribution in [2.75, 3.05) is 51.3 Å². The van der Waals surface area contributed by atoms with E-state index in [0.717, 1.165) is 73.0 Å². The minimum atomic E-state index is -0.118. The van der Waals surface area contributed by atoms with Crippen molar-refractivity contribution < 1.29 is 24.9 Å². The van der Waals surface area contributed by atoms with Crippen LogP contribution in [0.25, 0.3) is 5.76 Å². The molecular formula is C31H39Cl2N3O5. The molecule has 0 bridgehead atoms. The summed E-state index contributed by atoms with van der Waals surface area (Å²) in [4.78, 5) is 17.9. The molecule has 1 saturated heterocycles. The first-order valence-electron chi connectivity index (χ1n) is 13.2. The number of fused-ring (bicyclic) bond motifs is 1. The predicted octanol–water partition coefficient (Wildman–Crippen LogP) is 4.73. The van der Waals surface area contributed by atoms with E-state index in [4.69, 9.17) is 9.47 Å². The minimum absolute atomic E-state index is 0. The van der Waals surface area contributed by atoms with Gasteiger partial charge in [0.1, 0.15) is 23.0 Å². The normalized spacial score (nSPS) is 14.4. The molecule has 1 amide bonds. The molecule has 2 aliphatic rings. The van der Waals surface area contributed by atoms with Crippen LogP contribution < -0.4 is 19.7 Å². The number of benzene rings is 3.